The second kappa shape index (κ2) is 9.77. The predicted octanol–water partition coefficient (Wildman–Crippen LogP) is 2.10. The summed E-state index contributed by atoms with van der Waals surface area (Å²) in [6.45, 7) is 2.62. The molecule has 1 aromatic carbocycles. The van der Waals surface area contributed by atoms with Crippen molar-refractivity contribution in [2.75, 3.05) is 33.9 Å². The standard InChI is InChI=1S/C17H21ClN4O4.ClH/c1-24-13-6-11(5-12(18)16(13)25-2)17-21-15(26-22-17)4-3-14(23)20-9-10-7-19-8-10;/h5-6,10,19H,3-4,7-9H2,1-2H3,(H,20,23);1H. The number of hydrogen-bond donors (Lipinski definition) is 2. The Labute approximate surface area is 168 Å². The van der Waals surface area contributed by atoms with E-state index in [1.54, 1.807) is 12.1 Å². The molecule has 0 unspecified atom stereocenters. The van der Waals surface area contributed by atoms with E-state index in [0.717, 1.165) is 13.1 Å². The molecule has 10 heteroatoms. The number of halogens is 2. The van der Waals surface area contributed by atoms with Gasteiger partial charge in [-0.3, -0.25) is 4.79 Å². The van der Waals surface area contributed by atoms with E-state index in [-0.39, 0.29) is 18.3 Å². The highest BCUT2D eigenvalue weighted by molar-refractivity contribution is 6.32. The van der Waals surface area contributed by atoms with Gasteiger partial charge in [-0.15, -0.1) is 12.4 Å². The van der Waals surface area contributed by atoms with Crippen molar-refractivity contribution in [3.8, 4) is 22.9 Å². The van der Waals surface area contributed by atoms with Crippen LogP contribution in [0.25, 0.3) is 11.4 Å². The Kier molecular flexibility index (Phi) is 7.70. The van der Waals surface area contributed by atoms with Crippen LogP contribution < -0.4 is 20.1 Å². The molecule has 1 aliphatic heterocycles. The van der Waals surface area contributed by atoms with Crippen molar-refractivity contribution < 1.29 is 18.8 Å². The zero-order chi connectivity index (χ0) is 18.5. The summed E-state index contributed by atoms with van der Waals surface area (Å²) in [5, 5.41) is 10.4. The molecule has 0 atom stereocenters. The molecule has 2 aromatic rings. The minimum atomic E-state index is -0.0224. The first kappa shape index (κ1) is 21.3. The fourth-order valence-electron chi connectivity index (χ4n) is 2.58. The number of hydrogen-bond acceptors (Lipinski definition) is 7. The van der Waals surface area contributed by atoms with E-state index in [1.165, 1.54) is 14.2 Å². The normalized spacial score (nSPS) is 13.4. The maximum Gasteiger partial charge on any atom is 0.227 e. The summed E-state index contributed by atoms with van der Waals surface area (Å²) < 4.78 is 15.7. The van der Waals surface area contributed by atoms with Gasteiger partial charge in [-0.05, 0) is 12.1 Å². The molecule has 1 amide bonds. The predicted molar refractivity (Wildman–Crippen MR) is 103 cm³/mol. The summed E-state index contributed by atoms with van der Waals surface area (Å²) in [7, 11) is 3.04. The first-order valence-corrected chi connectivity index (χ1v) is 8.70. The van der Waals surface area contributed by atoms with Crippen LogP contribution in [0, 0.1) is 5.92 Å². The van der Waals surface area contributed by atoms with Gasteiger partial charge in [-0.25, -0.2) is 0 Å². The molecule has 2 N–H and O–H groups in total. The van der Waals surface area contributed by atoms with Crippen molar-refractivity contribution >= 4 is 29.9 Å². The van der Waals surface area contributed by atoms with Crippen molar-refractivity contribution in [2.24, 2.45) is 5.92 Å². The van der Waals surface area contributed by atoms with Crippen molar-refractivity contribution in [3.63, 3.8) is 0 Å². The minimum Gasteiger partial charge on any atom is -0.493 e. The van der Waals surface area contributed by atoms with Crippen LogP contribution in [0.15, 0.2) is 16.7 Å². The van der Waals surface area contributed by atoms with Crippen LogP contribution in [0.1, 0.15) is 12.3 Å². The molecule has 1 aromatic heterocycles. The summed E-state index contributed by atoms with van der Waals surface area (Å²) in [6.07, 6.45) is 0.678. The Morgan fingerprint density at radius 2 is 2.15 bits per heavy atom. The Morgan fingerprint density at radius 1 is 1.37 bits per heavy atom. The zero-order valence-electron chi connectivity index (χ0n) is 15.1. The quantitative estimate of drug-likeness (QED) is 0.679. The van der Waals surface area contributed by atoms with Gasteiger partial charge in [0.15, 0.2) is 11.5 Å². The van der Waals surface area contributed by atoms with Gasteiger partial charge in [0.2, 0.25) is 17.6 Å². The van der Waals surface area contributed by atoms with E-state index in [0.29, 0.717) is 59.1 Å². The SMILES string of the molecule is COc1cc(-c2noc(CCC(=O)NCC3CNC3)n2)cc(Cl)c1OC.Cl. The van der Waals surface area contributed by atoms with Gasteiger partial charge >= 0.3 is 0 Å². The first-order chi connectivity index (χ1) is 12.6. The minimum absolute atomic E-state index is 0. The number of ether oxygens (including phenoxy) is 2. The molecule has 27 heavy (non-hydrogen) atoms. The molecule has 0 saturated carbocycles. The fourth-order valence-corrected chi connectivity index (χ4v) is 2.87. The largest absolute Gasteiger partial charge is 0.493 e. The highest BCUT2D eigenvalue weighted by atomic mass is 35.5. The zero-order valence-corrected chi connectivity index (χ0v) is 16.7. The van der Waals surface area contributed by atoms with E-state index in [1.807, 2.05) is 0 Å². The smallest absolute Gasteiger partial charge is 0.227 e. The molecule has 0 radical (unpaired) electrons. The molecule has 0 bridgehead atoms. The molecule has 3 rings (SSSR count). The van der Waals surface area contributed by atoms with Crippen LogP contribution in [0.5, 0.6) is 11.5 Å². The molecule has 148 valence electrons. The van der Waals surface area contributed by atoms with Gasteiger partial charge in [0, 0.05) is 44.0 Å². The van der Waals surface area contributed by atoms with Gasteiger partial charge in [-0.1, -0.05) is 16.8 Å². The second-order valence-electron chi connectivity index (χ2n) is 6.03. The molecule has 1 aliphatic rings. The second-order valence-corrected chi connectivity index (χ2v) is 6.44. The molecule has 1 fully saturated rings. The highest BCUT2D eigenvalue weighted by Crippen LogP contribution is 2.38. The third-order valence-electron chi connectivity index (χ3n) is 4.18. The van der Waals surface area contributed by atoms with Crippen LogP contribution in [-0.4, -0.2) is 49.9 Å². The number of amides is 1. The van der Waals surface area contributed by atoms with Gasteiger partial charge in [0.05, 0.1) is 19.2 Å². The van der Waals surface area contributed by atoms with Crippen LogP contribution >= 0.6 is 24.0 Å². The van der Waals surface area contributed by atoms with Crippen molar-refractivity contribution in [1.82, 2.24) is 20.8 Å². The highest BCUT2D eigenvalue weighted by Gasteiger charge is 2.18. The van der Waals surface area contributed by atoms with Crippen LogP contribution in [0.4, 0.5) is 0 Å². The van der Waals surface area contributed by atoms with Gasteiger partial charge < -0.3 is 24.6 Å². The summed E-state index contributed by atoms with van der Waals surface area (Å²) in [6, 6.07) is 3.40. The molecule has 8 nitrogen and oxygen atoms in total. The lowest BCUT2D eigenvalue weighted by atomic mass is 10.0. The topological polar surface area (TPSA) is 98.5 Å². The molecule has 0 aliphatic carbocycles. The third kappa shape index (κ3) is 5.24. The van der Waals surface area contributed by atoms with E-state index in [2.05, 4.69) is 20.8 Å². The average molecular weight is 417 g/mol. The number of rotatable bonds is 8. The fraction of sp³-hybridized carbons (Fsp3) is 0.471. The number of benzene rings is 1. The Balaban J connectivity index is 0.00000261. The van der Waals surface area contributed by atoms with E-state index < -0.39 is 0 Å². The maximum atomic E-state index is 11.9. The molecule has 2 heterocycles. The summed E-state index contributed by atoms with van der Waals surface area (Å²) in [5.74, 6) is 2.20. The molecular weight excluding hydrogens is 395 g/mol. The molecule has 0 spiro atoms. The summed E-state index contributed by atoms with van der Waals surface area (Å²) >= 11 is 6.20. The lowest BCUT2D eigenvalue weighted by Gasteiger charge is -2.27. The van der Waals surface area contributed by atoms with Gasteiger partial charge in [-0.2, -0.15) is 4.98 Å². The Morgan fingerprint density at radius 3 is 2.78 bits per heavy atom. The van der Waals surface area contributed by atoms with Gasteiger partial charge in [0.1, 0.15) is 0 Å². The lowest BCUT2D eigenvalue weighted by Crippen LogP contribution is -2.48. The summed E-state index contributed by atoms with van der Waals surface area (Å²) in [4.78, 5) is 16.2. The Hall–Kier alpha value is -2.03. The van der Waals surface area contributed by atoms with Crippen molar-refractivity contribution in [1.29, 1.82) is 0 Å². The summed E-state index contributed by atoms with van der Waals surface area (Å²) in [5.41, 5.74) is 0.643. The van der Waals surface area contributed by atoms with Crippen LogP contribution in [0.2, 0.25) is 5.02 Å². The number of aryl methyl sites for hydroxylation is 1. The van der Waals surface area contributed by atoms with Gasteiger partial charge in [0.25, 0.3) is 0 Å². The number of carbonyl (C=O) groups is 1. The average Bonchev–Trinajstić information content (AvgIpc) is 3.07. The number of nitrogens with zero attached hydrogens (tertiary/aromatic N) is 2. The Bertz CT molecular complexity index is 780. The number of nitrogens with one attached hydrogen (secondary N) is 2. The third-order valence-corrected chi connectivity index (χ3v) is 4.46. The van der Waals surface area contributed by atoms with E-state index >= 15 is 0 Å². The lowest BCUT2D eigenvalue weighted by molar-refractivity contribution is -0.121. The van der Waals surface area contributed by atoms with E-state index in [4.69, 9.17) is 25.6 Å². The monoisotopic (exact) mass is 416 g/mol. The number of methoxy groups -OCH3 is 2. The van der Waals surface area contributed by atoms with E-state index in [9.17, 15) is 4.79 Å². The number of carbonyl (C=O) groups excluding carboxylic acids is 1. The molecule has 1 saturated heterocycles. The maximum absolute atomic E-state index is 11.9. The molecular formula is C17H22Cl2N4O4. The van der Waals surface area contributed by atoms with Crippen LogP contribution in [-0.2, 0) is 11.2 Å². The van der Waals surface area contributed by atoms with Crippen LogP contribution in [0.3, 0.4) is 0 Å². The van der Waals surface area contributed by atoms with Crippen molar-refractivity contribution in [3.05, 3.63) is 23.0 Å². The number of aromatic nitrogens is 2. The first-order valence-electron chi connectivity index (χ1n) is 8.32. The van der Waals surface area contributed by atoms with Crippen molar-refractivity contribution in [2.45, 2.75) is 12.8 Å².